The number of thiophene rings is 1. The van der Waals surface area contributed by atoms with Crippen molar-refractivity contribution in [2.45, 2.75) is 18.9 Å². The minimum Gasteiger partial charge on any atom is -0.497 e. The summed E-state index contributed by atoms with van der Waals surface area (Å²) in [6.45, 7) is 1.08. The molecular weight excluding hydrogens is 408 g/mol. The first-order valence-corrected chi connectivity index (χ1v) is 11.4. The number of hydrogen-bond acceptors (Lipinski definition) is 4. The van der Waals surface area contributed by atoms with Gasteiger partial charge in [0.25, 0.3) is 0 Å². The van der Waals surface area contributed by atoms with Crippen molar-refractivity contribution in [2.24, 2.45) is 5.92 Å². The molecule has 1 aromatic heterocycles. The number of amides is 2. The van der Waals surface area contributed by atoms with Crippen LogP contribution in [-0.4, -0.2) is 36.9 Å². The van der Waals surface area contributed by atoms with Crippen LogP contribution in [0.15, 0.2) is 66.0 Å². The maximum absolute atomic E-state index is 13.7. The zero-order valence-electron chi connectivity index (χ0n) is 17.4. The minimum atomic E-state index is -0.343. The lowest BCUT2D eigenvalue weighted by molar-refractivity contribution is -0.137. The Bertz CT molecular complexity index is 1110. The van der Waals surface area contributed by atoms with Gasteiger partial charge in [-0.2, -0.15) is 0 Å². The highest BCUT2D eigenvalue weighted by molar-refractivity contribution is 7.10. The molecule has 158 valence electrons. The number of methoxy groups -OCH3 is 1. The fraction of sp³-hybridized carbons (Fsp3) is 0.280. The first-order chi connectivity index (χ1) is 15.2. The van der Waals surface area contributed by atoms with Gasteiger partial charge in [-0.1, -0.05) is 36.4 Å². The van der Waals surface area contributed by atoms with Crippen molar-refractivity contribution < 1.29 is 14.3 Å². The van der Waals surface area contributed by atoms with Gasteiger partial charge >= 0.3 is 0 Å². The molecule has 0 bridgehead atoms. The van der Waals surface area contributed by atoms with Gasteiger partial charge in [-0.05, 0) is 41.1 Å². The maximum atomic E-state index is 13.7. The second kappa shape index (κ2) is 8.19. The van der Waals surface area contributed by atoms with E-state index in [4.69, 9.17) is 4.74 Å². The lowest BCUT2D eigenvalue weighted by Crippen LogP contribution is -2.43. The van der Waals surface area contributed by atoms with Crippen LogP contribution in [0.4, 0.5) is 5.69 Å². The van der Waals surface area contributed by atoms with Crippen molar-refractivity contribution in [2.75, 3.05) is 25.1 Å². The summed E-state index contributed by atoms with van der Waals surface area (Å²) in [5.41, 5.74) is 3.10. The van der Waals surface area contributed by atoms with E-state index in [1.54, 1.807) is 23.3 Å². The van der Waals surface area contributed by atoms with Gasteiger partial charge in [-0.15, -0.1) is 11.3 Å². The highest BCUT2D eigenvalue weighted by Gasteiger charge is 2.41. The quantitative estimate of drug-likeness (QED) is 0.618. The number of ether oxygens (including phenoxy) is 1. The highest BCUT2D eigenvalue weighted by atomic mass is 32.1. The van der Waals surface area contributed by atoms with Crippen LogP contribution in [0.2, 0.25) is 0 Å². The van der Waals surface area contributed by atoms with Gasteiger partial charge in [0.05, 0.1) is 19.1 Å². The van der Waals surface area contributed by atoms with Crippen molar-refractivity contribution in [1.29, 1.82) is 0 Å². The fourth-order valence-corrected chi connectivity index (χ4v) is 5.59. The lowest BCUT2D eigenvalue weighted by atomic mass is 9.91. The van der Waals surface area contributed by atoms with Crippen LogP contribution >= 0.6 is 11.3 Å². The Hall–Kier alpha value is -3.12. The summed E-state index contributed by atoms with van der Waals surface area (Å²) < 4.78 is 5.30. The van der Waals surface area contributed by atoms with Crippen molar-refractivity contribution in [3.8, 4) is 5.75 Å². The number of hydrogen-bond donors (Lipinski definition) is 0. The standard InChI is InChI=1S/C25H24N2O3S/c1-30-20-9-5-8-19(15-20)27-16-18(14-23(27)28)25(29)26-12-10-22-21(11-13-31-22)24(26)17-6-3-2-4-7-17/h2-9,11,13,15,18,24H,10,12,14,16H2,1H3/t18-,24-/m0/s1. The molecule has 2 atom stereocenters. The molecule has 0 N–H and O–H groups in total. The summed E-state index contributed by atoms with van der Waals surface area (Å²) in [5.74, 6) is 0.399. The van der Waals surface area contributed by atoms with E-state index >= 15 is 0 Å². The number of carbonyl (C=O) groups excluding carboxylic acids is 2. The SMILES string of the molecule is COc1cccc(N2C[C@@H](C(=O)N3CCc4sccc4[C@@H]3c3ccccc3)CC2=O)c1. The number of fused-ring (bicyclic) bond motifs is 1. The Morgan fingerprint density at radius 2 is 1.94 bits per heavy atom. The monoisotopic (exact) mass is 432 g/mol. The Kier molecular flexibility index (Phi) is 5.24. The van der Waals surface area contributed by atoms with Gasteiger partial charge in [0, 0.05) is 36.1 Å². The van der Waals surface area contributed by atoms with Crippen molar-refractivity contribution in [3.63, 3.8) is 0 Å². The van der Waals surface area contributed by atoms with Crippen LogP contribution in [0, 0.1) is 5.92 Å². The molecule has 2 aromatic carbocycles. The molecule has 2 aliphatic heterocycles. The molecule has 0 spiro atoms. The summed E-state index contributed by atoms with van der Waals surface area (Å²) in [4.78, 5) is 31.5. The number of nitrogens with zero attached hydrogens (tertiary/aromatic N) is 2. The highest BCUT2D eigenvalue weighted by Crippen LogP contribution is 2.39. The average Bonchev–Trinajstić information content (AvgIpc) is 3.45. The topological polar surface area (TPSA) is 49.9 Å². The number of benzene rings is 2. The van der Waals surface area contributed by atoms with Gasteiger partial charge < -0.3 is 14.5 Å². The summed E-state index contributed by atoms with van der Waals surface area (Å²) in [6, 6.07) is 19.7. The molecule has 0 radical (unpaired) electrons. The molecule has 3 heterocycles. The third kappa shape index (κ3) is 3.61. The van der Waals surface area contributed by atoms with Gasteiger partial charge in [0.15, 0.2) is 0 Å². The molecule has 1 fully saturated rings. The Morgan fingerprint density at radius 1 is 1.10 bits per heavy atom. The molecule has 0 aliphatic carbocycles. The predicted molar refractivity (Wildman–Crippen MR) is 121 cm³/mol. The summed E-state index contributed by atoms with van der Waals surface area (Å²) >= 11 is 1.76. The molecule has 31 heavy (non-hydrogen) atoms. The van der Waals surface area contributed by atoms with E-state index in [0.717, 1.165) is 17.7 Å². The van der Waals surface area contributed by atoms with E-state index in [9.17, 15) is 9.59 Å². The first-order valence-electron chi connectivity index (χ1n) is 10.5. The van der Waals surface area contributed by atoms with E-state index in [-0.39, 0.29) is 30.2 Å². The molecule has 2 aliphatic rings. The second-order valence-corrected chi connectivity index (χ2v) is 9.00. The number of rotatable bonds is 4. The zero-order valence-corrected chi connectivity index (χ0v) is 18.2. The summed E-state index contributed by atoms with van der Waals surface area (Å²) in [7, 11) is 1.61. The maximum Gasteiger partial charge on any atom is 0.228 e. The second-order valence-electron chi connectivity index (χ2n) is 8.00. The predicted octanol–water partition coefficient (Wildman–Crippen LogP) is 4.28. The number of carbonyl (C=O) groups is 2. The lowest BCUT2D eigenvalue weighted by Gasteiger charge is -2.37. The van der Waals surface area contributed by atoms with Gasteiger partial charge in [0.1, 0.15) is 5.75 Å². The van der Waals surface area contributed by atoms with Crippen molar-refractivity contribution >= 4 is 28.8 Å². The summed E-state index contributed by atoms with van der Waals surface area (Å²) in [6.07, 6.45) is 1.10. The first kappa shape index (κ1) is 19.8. The Balaban J connectivity index is 1.42. The Morgan fingerprint density at radius 3 is 2.74 bits per heavy atom. The molecule has 2 amide bonds. The number of anilines is 1. The van der Waals surface area contributed by atoms with E-state index in [0.29, 0.717) is 18.8 Å². The third-order valence-electron chi connectivity index (χ3n) is 6.20. The zero-order chi connectivity index (χ0) is 21.4. The van der Waals surface area contributed by atoms with Gasteiger partial charge in [-0.3, -0.25) is 9.59 Å². The molecule has 6 heteroatoms. The normalized spacial score (nSPS) is 20.6. The molecule has 1 saturated heterocycles. The largest absolute Gasteiger partial charge is 0.497 e. The Labute approximate surface area is 185 Å². The molecule has 5 rings (SSSR count). The van der Waals surface area contributed by atoms with Crippen molar-refractivity contribution in [1.82, 2.24) is 4.90 Å². The fourth-order valence-electron chi connectivity index (χ4n) is 4.68. The minimum absolute atomic E-state index is 0.0175. The van der Waals surface area contributed by atoms with E-state index in [2.05, 4.69) is 23.6 Å². The van der Waals surface area contributed by atoms with Crippen LogP contribution < -0.4 is 9.64 Å². The smallest absolute Gasteiger partial charge is 0.228 e. The van der Waals surface area contributed by atoms with Crippen LogP contribution in [-0.2, 0) is 16.0 Å². The molecule has 0 saturated carbocycles. The molecule has 5 nitrogen and oxygen atoms in total. The van der Waals surface area contributed by atoms with Crippen LogP contribution in [0.3, 0.4) is 0 Å². The van der Waals surface area contributed by atoms with Gasteiger partial charge in [-0.25, -0.2) is 0 Å². The van der Waals surface area contributed by atoms with E-state index < -0.39 is 0 Å². The van der Waals surface area contributed by atoms with Crippen LogP contribution in [0.1, 0.15) is 28.5 Å². The van der Waals surface area contributed by atoms with Crippen LogP contribution in [0.5, 0.6) is 5.75 Å². The third-order valence-corrected chi connectivity index (χ3v) is 7.20. The van der Waals surface area contributed by atoms with Crippen LogP contribution in [0.25, 0.3) is 0 Å². The molecule has 0 unspecified atom stereocenters. The van der Waals surface area contributed by atoms with E-state index in [1.807, 2.05) is 47.4 Å². The van der Waals surface area contributed by atoms with Gasteiger partial charge in [0.2, 0.25) is 11.8 Å². The average molecular weight is 433 g/mol. The van der Waals surface area contributed by atoms with E-state index in [1.165, 1.54) is 10.4 Å². The van der Waals surface area contributed by atoms with Crippen molar-refractivity contribution in [3.05, 3.63) is 82.0 Å². The molecule has 3 aromatic rings. The molecular formula is C25H24N2O3S. The summed E-state index contributed by atoms with van der Waals surface area (Å²) in [5, 5.41) is 2.11.